The fourth-order valence-electron chi connectivity index (χ4n) is 1.28. The van der Waals surface area contributed by atoms with Crippen molar-refractivity contribution in [3.05, 3.63) is 42.0 Å². The van der Waals surface area contributed by atoms with Gasteiger partial charge in [-0.25, -0.2) is 5.01 Å². The predicted octanol–water partition coefficient (Wildman–Crippen LogP) is 0.778. The fourth-order valence-corrected chi connectivity index (χ4v) is 1.28. The van der Waals surface area contributed by atoms with Crippen molar-refractivity contribution in [3.8, 4) is 0 Å². The minimum atomic E-state index is -0.457. The fraction of sp³-hybridized carbons (Fsp3) is 0.154. The third-order valence-corrected chi connectivity index (χ3v) is 2.03. The van der Waals surface area contributed by atoms with E-state index in [4.69, 9.17) is 0 Å². The second kappa shape index (κ2) is 7.01. The Morgan fingerprint density at radius 1 is 1.28 bits per heavy atom. The Morgan fingerprint density at radius 3 is 2.50 bits per heavy atom. The zero-order valence-corrected chi connectivity index (χ0v) is 10.00. The van der Waals surface area contributed by atoms with Gasteiger partial charge in [0.25, 0.3) is 5.91 Å². The van der Waals surface area contributed by atoms with Crippen LogP contribution in [-0.4, -0.2) is 29.7 Å². The molecule has 1 rings (SSSR count). The third kappa shape index (κ3) is 4.61. The Balaban J connectivity index is 2.69. The first-order valence-corrected chi connectivity index (χ1v) is 5.39. The summed E-state index contributed by atoms with van der Waals surface area (Å²) in [7, 11) is 0. The quantitative estimate of drug-likeness (QED) is 0.485. The first-order chi connectivity index (χ1) is 8.63. The third-order valence-electron chi connectivity index (χ3n) is 2.03. The molecule has 0 aliphatic carbocycles. The normalized spacial score (nSPS) is 10.1. The van der Waals surface area contributed by atoms with Crippen molar-refractivity contribution in [1.82, 2.24) is 10.4 Å². The van der Waals surface area contributed by atoms with Crippen LogP contribution >= 0.6 is 0 Å². The average Bonchev–Trinajstić information content (AvgIpc) is 2.36. The van der Waals surface area contributed by atoms with Crippen molar-refractivity contribution in [2.45, 2.75) is 6.92 Å². The number of hydrogen-bond donors (Lipinski definition) is 1. The molecule has 2 amide bonds. The summed E-state index contributed by atoms with van der Waals surface area (Å²) in [5, 5.41) is 0.953. The molecule has 0 bridgehead atoms. The summed E-state index contributed by atoms with van der Waals surface area (Å²) in [6, 6.07) is 9.25. The molecule has 0 radical (unpaired) electrons. The van der Waals surface area contributed by atoms with Crippen molar-refractivity contribution >= 4 is 24.2 Å². The minimum absolute atomic E-state index is 0.183. The molecule has 0 spiro atoms. The maximum atomic E-state index is 11.7. The van der Waals surface area contributed by atoms with Crippen LogP contribution in [0.4, 0.5) is 0 Å². The van der Waals surface area contributed by atoms with Crippen LogP contribution in [0.15, 0.2) is 36.4 Å². The van der Waals surface area contributed by atoms with Crippen LogP contribution in [0, 0.1) is 0 Å². The Bertz CT molecular complexity index is 455. The van der Waals surface area contributed by atoms with Gasteiger partial charge in [-0.15, -0.1) is 0 Å². The van der Waals surface area contributed by atoms with Gasteiger partial charge >= 0.3 is 0 Å². The lowest BCUT2D eigenvalue weighted by Crippen LogP contribution is -2.45. The van der Waals surface area contributed by atoms with Crippen molar-refractivity contribution in [3.63, 3.8) is 0 Å². The second-order valence-electron chi connectivity index (χ2n) is 3.53. The molecule has 0 fully saturated rings. The number of nitrogens with one attached hydrogen (secondary N) is 1. The molecule has 0 saturated carbocycles. The van der Waals surface area contributed by atoms with Gasteiger partial charge in [0.1, 0.15) is 6.29 Å². The molecule has 0 aliphatic heterocycles. The maximum Gasteiger partial charge on any atom is 0.265 e. The number of aldehydes is 1. The van der Waals surface area contributed by atoms with Crippen molar-refractivity contribution in [2.24, 2.45) is 0 Å². The smallest absolute Gasteiger partial charge is 0.265 e. The van der Waals surface area contributed by atoms with Gasteiger partial charge in [0.05, 0.1) is 6.54 Å². The van der Waals surface area contributed by atoms with Gasteiger partial charge in [-0.05, 0) is 11.6 Å². The lowest BCUT2D eigenvalue weighted by atomic mass is 10.2. The maximum absolute atomic E-state index is 11.7. The van der Waals surface area contributed by atoms with E-state index in [1.807, 2.05) is 30.3 Å². The highest BCUT2D eigenvalue weighted by Crippen LogP contribution is 2.01. The lowest BCUT2D eigenvalue weighted by Gasteiger charge is -2.17. The van der Waals surface area contributed by atoms with Crippen LogP contribution in [-0.2, 0) is 14.4 Å². The summed E-state index contributed by atoms with van der Waals surface area (Å²) in [5.41, 5.74) is 3.14. The first-order valence-electron chi connectivity index (χ1n) is 5.39. The van der Waals surface area contributed by atoms with Gasteiger partial charge in [-0.3, -0.25) is 15.0 Å². The summed E-state index contributed by atoms with van der Waals surface area (Å²) >= 11 is 0. The number of rotatable bonds is 4. The molecule has 1 aromatic rings. The number of hydrazine groups is 1. The highest BCUT2D eigenvalue weighted by molar-refractivity contribution is 5.93. The van der Waals surface area contributed by atoms with Gasteiger partial charge in [0.2, 0.25) is 5.91 Å². The molecule has 5 heteroatoms. The SMILES string of the molecule is CC(=O)NN(CC=O)C(=O)/C=C/c1ccccc1. The van der Waals surface area contributed by atoms with E-state index in [0.717, 1.165) is 10.6 Å². The molecule has 1 aromatic carbocycles. The molecule has 94 valence electrons. The summed E-state index contributed by atoms with van der Waals surface area (Å²) in [5.74, 6) is -0.862. The zero-order valence-electron chi connectivity index (χ0n) is 10.00. The first kappa shape index (κ1) is 13.6. The average molecular weight is 246 g/mol. The monoisotopic (exact) mass is 246 g/mol. The van der Waals surface area contributed by atoms with Crippen LogP contribution in [0.1, 0.15) is 12.5 Å². The van der Waals surface area contributed by atoms with E-state index < -0.39 is 11.8 Å². The van der Waals surface area contributed by atoms with Gasteiger partial charge < -0.3 is 4.79 Å². The number of carbonyl (C=O) groups excluding carboxylic acids is 3. The lowest BCUT2D eigenvalue weighted by molar-refractivity contribution is -0.138. The van der Waals surface area contributed by atoms with E-state index in [-0.39, 0.29) is 6.54 Å². The van der Waals surface area contributed by atoms with Crippen molar-refractivity contribution in [1.29, 1.82) is 0 Å². The summed E-state index contributed by atoms with van der Waals surface area (Å²) in [4.78, 5) is 33.0. The molecule has 0 unspecified atom stereocenters. The summed E-state index contributed by atoms with van der Waals surface area (Å²) in [6.07, 6.45) is 3.46. The highest BCUT2D eigenvalue weighted by atomic mass is 16.2. The Hall–Kier alpha value is -2.43. The summed E-state index contributed by atoms with van der Waals surface area (Å²) < 4.78 is 0. The molecule has 18 heavy (non-hydrogen) atoms. The standard InChI is InChI=1S/C13H14N2O3/c1-11(17)14-15(9-10-16)13(18)8-7-12-5-3-2-4-6-12/h2-8,10H,9H2,1H3,(H,14,17)/b8-7+. The highest BCUT2D eigenvalue weighted by Gasteiger charge is 2.10. The number of amides is 2. The topological polar surface area (TPSA) is 66.5 Å². The van der Waals surface area contributed by atoms with E-state index in [1.54, 1.807) is 6.08 Å². The number of carbonyl (C=O) groups is 3. The zero-order chi connectivity index (χ0) is 13.4. The molecule has 0 saturated heterocycles. The molecule has 0 atom stereocenters. The van der Waals surface area contributed by atoms with E-state index >= 15 is 0 Å². The largest absolute Gasteiger partial charge is 0.301 e. The number of hydrogen-bond acceptors (Lipinski definition) is 3. The molecule has 0 aromatic heterocycles. The van der Waals surface area contributed by atoms with Crippen molar-refractivity contribution in [2.75, 3.05) is 6.54 Å². The van der Waals surface area contributed by atoms with E-state index in [1.165, 1.54) is 13.0 Å². The van der Waals surface area contributed by atoms with Crippen LogP contribution in [0.3, 0.4) is 0 Å². The van der Waals surface area contributed by atoms with Gasteiger partial charge in [-0.1, -0.05) is 30.3 Å². The predicted molar refractivity (Wildman–Crippen MR) is 67.1 cm³/mol. The molecule has 0 aliphatic rings. The van der Waals surface area contributed by atoms with Crippen LogP contribution < -0.4 is 5.43 Å². The van der Waals surface area contributed by atoms with Crippen LogP contribution in [0.2, 0.25) is 0 Å². The van der Waals surface area contributed by atoms with E-state index in [9.17, 15) is 14.4 Å². The van der Waals surface area contributed by atoms with Gasteiger partial charge in [0, 0.05) is 13.0 Å². The molecule has 0 heterocycles. The second-order valence-corrected chi connectivity index (χ2v) is 3.53. The van der Waals surface area contributed by atoms with Gasteiger partial charge in [-0.2, -0.15) is 0 Å². The van der Waals surface area contributed by atoms with Crippen molar-refractivity contribution < 1.29 is 14.4 Å². The van der Waals surface area contributed by atoms with E-state index in [0.29, 0.717) is 6.29 Å². The number of benzene rings is 1. The molecular weight excluding hydrogens is 232 g/mol. The Labute approximate surface area is 105 Å². The molecular formula is C13H14N2O3. The summed E-state index contributed by atoms with van der Waals surface area (Å²) in [6.45, 7) is 1.09. The Morgan fingerprint density at radius 2 is 1.94 bits per heavy atom. The van der Waals surface area contributed by atoms with Crippen LogP contribution in [0.5, 0.6) is 0 Å². The molecule has 5 nitrogen and oxygen atoms in total. The van der Waals surface area contributed by atoms with Gasteiger partial charge in [0.15, 0.2) is 0 Å². The molecule has 1 N–H and O–H groups in total. The van der Waals surface area contributed by atoms with Crippen LogP contribution in [0.25, 0.3) is 6.08 Å². The Kier molecular flexibility index (Phi) is 5.31. The number of nitrogens with zero attached hydrogens (tertiary/aromatic N) is 1. The van der Waals surface area contributed by atoms with E-state index in [2.05, 4.69) is 5.43 Å². The minimum Gasteiger partial charge on any atom is -0.301 e.